The first kappa shape index (κ1) is 59.7. The van der Waals surface area contributed by atoms with Gasteiger partial charge in [-0.15, -0.1) is 0 Å². The van der Waals surface area contributed by atoms with Gasteiger partial charge in [-0.3, -0.25) is 33.8 Å². The number of benzene rings is 5. The van der Waals surface area contributed by atoms with Crippen LogP contribution in [-0.2, 0) is 32.3 Å². The maximum absolute atomic E-state index is 12.9. The highest BCUT2D eigenvalue weighted by Crippen LogP contribution is 2.43. The molecule has 9 unspecified atom stereocenters. The van der Waals surface area contributed by atoms with Crippen molar-refractivity contribution in [2.75, 3.05) is 6.54 Å². The van der Waals surface area contributed by atoms with Crippen molar-refractivity contribution < 1.29 is 38.6 Å². The molecule has 3 aliphatic heterocycles. The number of imide groups is 2. The summed E-state index contributed by atoms with van der Waals surface area (Å²) in [5.41, 5.74) is 5.05. The van der Waals surface area contributed by atoms with Gasteiger partial charge in [0, 0.05) is 65.2 Å². The smallest absolute Gasteiger partial charge is 0.260 e. The lowest BCUT2D eigenvalue weighted by Gasteiger charge is -2.40. The van der Waals surface area contributed by atoms with Crippen LogP contribution < -0.4 is 0 Å². The Morgan fingerprint density at radius 2 is 0.896 bits per heavy atom. The zero-order chi connectivity index (χ0) is 55.3. The molecule has 6 aliphatic rings. The second-order valence-corrected chi connectivity index (χ2v) is 19.8. The number of allylic oxidation sites excluding steroid dienone is 1. The minimum absolute atomic E-state index is 0.0226. The molecule has 9 atom stereocenters. The molecule has 3 saturated carbocycles. The van der Waals surface area contributed by atoms with E-state index in [2.05, 4.69) is 30.8 Å². The predicted molar refractivity (Wildman–Crippen MR) is 304 cm³/mol. The Kier molecular flexibility index (Phi) is 23.6. The summed E-state index contributed by atoms with van der Waals surface area (Å²) in [7, 11) is 0. The lowest BCUT2D eigenvalue weighted by molar-refractivity contribution is -0.139. The first-order valence-electron chi connectivity index (χ1n) is 28.5. The van der Waals surface area contributed by atoms with Crippen LogP contribution in [0.2, 0.25) is 0 Å². The highest BCUT2D eigenvalue weighted by molar-refractivity contribution is 6.06. The molecule has 3 heterocycles. The Morgan fingerprint density at radius 3 is 1.42 bits per heavy atom. The molecule has 0 radical (unpaired) electrons. The first-order chi connectivity index (χ1) is 37.7. The number of rotatable bonds is 9. The highest BCUT2D eigenvalue weighted by Gasteiger charge is 2.49. The van der Waals surface area contributed by atoms with Gasteiger partial charge in [-0.2, -0.15) is 0 Å². The normalized spacial score (nSPS) is 24.7. The molecule has 11 heteroatoms. The fourth-order valence-corrected chi connectivity index (χ4v) is 11.9. The molecule has 77 heavy (non-hydrogen) atoms. The molecule has 5 aromatic carbocycles. The number of carbonyl (C=O) groups is 5. The SMILES string of the molecule is C=C1CCC2C(O)CCC2N1C(=O)c1ccccc1.CC.CC.CC.O=C(c1ccccc1)N1CCC2C(OCc3ccccc3)CCC2C1=O.O=C1CCC2C(OCc3ccccc3)CCC2N1C(=O)c1ccccc1. The summed E-state index contributed by atoms with van der Waals surface area (Å²) < 4.78 is 12.3. The average Bonchev–Trinajstić information content (AvgIpc) is 4.28. The molecular weight excluding hydrogens is 963 g/mol. The van der Waals surface area contributed by atoms with Crippen molar-refractivity contribution in [3.63, 3.8) is 0 Å². The summed E-state index contributed by atoms with van der Waals surface area (Å²) >= 11 is 0. The van der Waals surface area contributed by atoms with E-state index in [0.29, 0.717) is 42.9 Å². The fraction of sp³-hybridized carbons (Fsp3) is 0.439. The average molecular weight is 1050 g/mol. The summed E-state index contributed by atoms with van der Waals surface area (Å²) in [5.74, 6) is 0.196. The van der Waals surface area contributed by atoms with Gasteiger partial charge in [0.25, 0.3) is 17.7 Å². The van der Waals surface area contributed by atoms with Crippen LogP contribution in [-0.4, -0.2) is 86.3 Å². The van der Waals surface area contributed by atoms with E-state index in [1.54, 1.807) is 24.3 Å². The van der Waals surface area contributed by atoms with Crippen molar-refractivity contribution in [3.8, 4) is 0 Å². The molecule has 1 N–H and O–H groups in total. The lowest BCUT2D eigenvalue weighted by Crippen LogP contribution is -2.51. The van der Waals surface area contributed by atoms with Crippen LogP contribution in [0.25, 0.3) is 0 Å². The zero-order valence-corrected chi connectivity index (χ0v) is 46.4. The third-order valence-electron chi connectivity index (χ3n) is 15.6. The molecule has 0 bridgehead atoms. The number of ether oxygens (including phenoxy) is 2. The number of piperidine rings is 3. The summed E-state index contributed by atoms with van der Waals surface area (Å²) in [4.78, 5) is 68.4. The molecule has 6 fully saturated rings. The van der Waals surface area contributed by atoms with E-state index in [1.807, 2.05) is 150 Å². The second kappa shape index (κ2) is 30.4. The predicted octanol–water partition coefficient (Wildman–Crippen LogP) is 13.1. The first-order valence-corrected chi connectivity index (χ1v) is 28.5. The number of aliphatic hydroxyl groups excluding tert-OH is 1. The molecule has 11 nitrogen and oxygen atoms in total. The van der Waals surface area contributed by atoms with Crippen LogP contribution in [0.3, 0.4) is 0 Å². The maximum Gasteiger partial charge on any atom is 0.260 e. The van der Waals surface area contributed by atoms with E-state index in [-0.39, 0.29) is 83.6 Å². The number of carbonyl (C=O) groups excluding carboxylic acids is 5. The van der Waals surface area contributed by atoms with Crippen LogP contribution in [0.5, 0.6) is 0 Å². The Bertz CT molecular complexity index is 2620. The lowest BCUT2D eigenvalue weighted by atomic mass is 9.86. The van der Waals surface area contributed by atoms with Crippen LogP contribution in [0.1, 0.15) is 154 Å². The van der Waals surface area contributed by atoms with Crippen LogP contribution in [0.15, 0.2) is 164 Å². The standard InChI is InChI=1S/2C22H23NO3.C16H19NO2.3C2H6/c24-21-14-11-18-19(23(21)22(25)17-9-5-2-6-10-17)12-13-20(18)26-15-16-7-3-1-4-8-16;24-21(17-9-5-2-6-10-17)23-14-13-18-19(22(23)25)11-12-20(18)26-15-16-7-3-1-4-8-16;1-11-7-8-13-14(9-10-15(13)18)17(11)16(19)12-5-3-2-4-6-12;3*1-2/h2*1-10,18-20H,11-15H2;2-6,13-15,18H,1,7-10H2;3*1-2H3. The van der Waals surface area contributed by atoms with Crippen molar-refractivity contribution in [1.82, 2.24) is 14.7 Å². The summed E-state index contributed by atoms with van der Waals surface area (Å²) in [6, 6.07) is 47.8. The molecular formula is C66H83N3O8. The molecule has 11 rings (SSSR count). The Labute approximate surface area is 458 Å². The van der Waals surface area contributed by atoms with Gasteiger partial charge in [0.05, 0.1) is 31.5 Å². The highest BCUT2D eigenvalue weighted by atomic mass is 16.5. The zero-order valence-electron chi connectivity index (χ0n) is 46.4. The maximum atomic E-state index is 12.9. The van der Waals surface area contributed by atoms with Crippen LogP contribution in [0, 0.1) is 23.7 Å². The molecule has 0 aromatic heterocycles. The Hall–Kier alpha value is -6.53. The van der Waals surface area contributed by atoms with E-state index >= 15 is 0 Å². The number of amides is 5. The third kappa shape index (κ3) is 14.9. The van der Waals surface area contributed by atoms with Crippen molar-refractivity contribution in [2.45, 2.75) is 156 Å². The van der Waals surface area contributed by atoms with Gasteiger partial charge in [0.2, 0.25) is 11.8 Å². The summed E-state index contributed by atoms with van der Waals surface area (Å²) in [6.07, 6.45) is 8.86. The van der Waals surface area contributed by atoms with E-state index in [4.69, 9.17) is 9.47 Å². The van der Waals surface area contributed by atoms with Crippen molar-refractivity contribution in [3.05, 3.63) is 192 Å². The number of hydrogen-bond donors (Lipinski definition) is 1. The number of fused-ring (bicyclic) bond motifs is 3. The van der Waals surface area contributed by atoms with Crippen LogP contribution >= 0.6 is 0 Å². The Morgan fingerprint density at radius 1 is 0.481 bits per heavy atom. The number of likely N-dealkylation sites (tertiary alicyclic amines) is 3. The van der Waals surface area contributed by atoms with Crippen molar-refractivity contribution in [1.29, 1.82) is 0 Å². The van der Waals surface area contributed by atoms with Crippen molar-refractivity contribution >= 4 is 29.5 Å². The summed E-state index contributed by atoms with van der Waals surface area (Å²) in [5, 5.41) is 10.0. The van der Waals surface area contributed by atoms with Gasteiger partial charge < -0.3 is 19.5 Å². The molecule has 0 spiro atoms. The van der Waals surface area contributed by atoms with Crippen molar-refractivity contribution in [2.24, 2.45) is 23.7 Å². The fourth-order valence-electron chi connectivity index (χ4n) is 11.9. The van der Waals surface area contributed by atoms with Crippen LogP contribution in [0.4, 0.5) is 0 Å². The number of aliphatic hydroxyl groups is 1. The van der Waals surface area contributed by atoms with Gasteiger partial charge in [-0.1, -0.05) is 163 Å². The van der Waals surface area contributed by atoms with Gasteiger partial charge in [-0.25, -0.2) is 0 Å². The molecule has 3 saturated heterocycles. The minimum Gasteiger partial charge on any atom is -0.393 e. The second-order valence-electron chi connectivity index (χ2n) is 19.8. The molecule has 3 aliphatic carbocycles. The minimum atomic E-state index is -0.260. The molecule has 410 valence electrons. The van der Waals surface area contributed by atoms with E-state index in [0.717, 1.165) is 81.0 Å². The third-order valence-corrected chi connectivity index (χ3v) is 15.6. The molecule has 5 amide bonds. The van der Waals surface area contributed by atoms with Gasteiger partial charge >= 0.3 is 0 Å². The quantitative estimate of drug-likeness (QED) is 0.144. The van der Waals surface area contributed by atoms with E-state index in [9.17, 15) is 29.1 Å². The largest absolute Gasteiger partial charge is 0.393 e. The van der Waals surface area contributed by atoms with E-state index < -0.39 is 0 Å². The monoisotopic (exact) mass is 1050 g/mol. The van der Waals surface area contributed by atoms with E-state index in [1.165, 1.54) is 9.80 Å². The number of nitrogens with zero attached hydrogens (tertiary/aromatic N) is 3. The Balaban J connectivity index is 0.000000180. The van der Waals surface area contributed by atoms with Gasteiger partial charge in [0.1, 0.15) is 0 Å². The van der Waals surface area contributed by atoms with Gasteiger partial charge in [-0.05, 0) is 118 Å². The topological polar surface area (TPSA) is 134 Å². The number of hydrogen-bond acceptors (Lipinski definition) is 8. The van der Waals surface area contributed by atoms with Gasteiger partial charge in [0.15, 0.2) is 0 Å². The summed E-state index contributed by atoms with van der Waals surface area (Å²) in [6.45, 7) is 17.7. The molecule has 5 aromatic rings.